The van der Waals surface area contributed by atoms with Crippen LogP contribution in [0.4, 0.5) is 0 Å². The van der Waals surface area contributed by atoms with Crippen LogP contribution in [0.5, 0.6) is 0 Å². The number of aliphatic imine (C=N–C) groups is 1. The molecule has 7 heteroatoms. The van der Waals surface area contributed by atoms with E-state index in [1.165, 1.54) is 25.1 Å². The highest BCUT2D eigenvalue weighted by atomic mass is 16.5. The SMILES string of the molecule is CCNC(=NCCCc1nnc2n1CCCCC2)NCCCOCC. The molecule has 1 aromatic rings. The lowest BCUT2D eigenvalue weighted by molar-refractivity contribution is 0.145. The van der Waals surface area contributed by atoms with E-state index in [1.807, 2.05) is 6.92 Å². The van der Waals surface area contributed by atoms with Gasteiger partial charge in [0.15, 0.2) is 5.96 Å². The summed E-state index contributed by atoms with van der Waals surface area (Å²) >= 11 is 0. The Bertz CT molecular complexity index is 514. The molecule has 7 nitrogen and oxygen atoms in total. The van der Waals surface area contributed by atoms with Gasteiger partial charge in [-0.25, -0.2) is 0 Å². The third-order valence-electron chi connectivity index (χ3n) is 4.32. The van der Waals surface area contributed by atoms with Gasteiger partial charge in [0.25, 0.3) is 0 Å². The molecule has 0 amide bonds. The molecule has 0 aliphatic carbocycles. The molecule has 142 valence electrons. The smallest absolute Gasteiger partial charge is 0.191 e. The summed E-state index contributed by atoms with van der Waals surface area (Å²) in [6.45, 7) is 9.30. The van der Waals surface area contributed by atoms with Gasteiger partial charge >= 0.3 is 0 Å². The molecule has 0 radical (unpaired) electrons. The Labute approximate surface area is 151 Å². The average Bonchev–Trinajstić information content (AvgIpc) is 2.85. The third-order valence-corrected chi connectivity index (χ3v) is 4.32. The van der Waals surface area contributed by atoms with Crippen LogP contribution >= 0.6 is 0 Å². The second kappa shape index (κ2) is 11.8. The summed E-state index contributed by atoms with van der Waals surface area (Å²) in [4.78, 5) is 4.66. The number of fused-ring (bicyclic) bond motifs is 1. The lowest BCUT2D eigenvalue weighted by atomic mass is 10.2. The quantitative estimate of drug-likeness (QED) is 0.383. The van der Waals surface area contributed by atoms with E-state index < -0.39 is 0 Å². The van der Waals surface area contributed by atoms with Crippen LogP contribution in [0.15, 0.2) is 4.99 Å². The Balaban J connectivity index is 1.73. The van der Waals surface area contributed by atoms with Crippen molar-refractivity contribution >= 4 is 5.96 Å². The predicted octanol–water partition coefficient (Wildman–Crippen LogP) is 1.92. The topological polar surface area (TPSA) is 76.4 Å². The summed E-state index contributed by atoms with van der Waals surface area (Å²) in [5.74, 6) is 3.18. The van der Waals surface area contributed by atoms with Gasteiger partial charge < -0.3 is 19.9 Å². The largest absolute Gasteiger partial charge is 0.382 e. The normalized spacial score (nSPS) is 14.9. The van der Waals surface area contributed by atoms with Gasteiger partial charge in [-0.2, -0.15) is 0 Å². The molecule has 0 saturated heterocycles. The van der Waals surface area contributed by atoms with E-state index in [4.69, 9.17) is 4.74 Å². The van der Waals surface area contributed by atoms with Crippen LogP contribution in [0.1, 0.15) is 57.6 Å². The van der Waals surface area contributed by atoms with Crippen LogP contribution < -0.4 is 10.6 Å². The third kappa shape index (κ3) is 7.02. The summed E-state index contributed by atoms with van der Waals surface area (Å²) in [6, 6.07) is 0. The number of guanidine groups is 1. The monoisotopic (exact) mass is 350 g/mol. The fourth-order valence-corrected chi connectivity index (χ4v) is 3.03. The number of hydrogen-bond donors (Lipinski definition) is 2. The molecule has 1 aliphatic heterocycles. The maximum Gasteiger partial charge on any atom is 0.191 e. The molecule has 1 aromatic heterocycles. The van der Waals surface area contributed by atoms with E-state index >= 15 is 0 Å². The van der Waals surface area contributed by atoms with Crippen LogP contribution in [0, 0.1) is 0 Å². The standard InChI is InChI=1S/C18H34N6O/c1-3-19-18(21-13-9-15-25-4-2)20-12-8-11-17-23-22-16-10-6-5-7-14-24(16)17/h3-15H2,1-2H3,(H2,19,20,21). The fraction of sp³-hybridized carbons (Fsp3) is 0.833. The van der Waals surface area contributed by atoms with Crippen molar-refractivity contribution in [2.45, 2.75) is 65.3 Å². The number of nitrogens with one attached hydrogen (secondary N) is 2. The van der Waals surface area contributed by atoms with Crippen molar-refractivity contribution in [1.82, 2.24) is 25.4 Å². The van der Waals surface area contributed by atoms with Crippen molar-refractivity contribution in [2.75, 3.05) is 32.8 Å². The van der Waals surface area contributed by atoms with Gasteiger partial charge in [0.2, 0.25) is 0 Å². The van der Waals surface area contributed by atoms with Crippen molar-refractivity contribution in [1.29, 1.82) is 0 Å². The zero-order valence-corrected chi connectivity index (χ0v) is 15.9. The van der Waals surface area contributed by atoms with Crippen LogP contribution in [0.25, 0.3) is 0 Å². The molecule has 2 rings (SSSR count). The molecule has 25 heavy (non-hydrogen) atoms. The van der Waals surface area contributed by atoms with Crippen LogP contribution in [-0.4, -0.2) is 53.6 Å². The van der Waals surface area contributed by atoms with Crippen molar-refractivity contribution in [3.8, 4) is 0 Å². The summed E-state index contributed by atoms with van der Waals surface area (Å²) in [6.07, 6.45) is 7.78. The van der Waals surface area contributed by atoms with Crippen LogP contribution in [-0.2, 0) is 24.1 Å². The van der Waals surface area contributed by atoms with E-state index in [9.17, 15) is 0 Å². The summed E-state index contributed by atoms with van der Waals surface area (Å²) in [5, 5.41) is 15.4. The van der Waals surface area contributed by atoms with Crippen molar-refractivity contribution in [3.05, 3.63) is 11.6 Å². The first-order chi connectivity index (χ1) is 12.3. The van der Waals surface area contributed by atoms with Gasteiger partial charge in [-0.1, -0.05) is 6.42 Å². The second-order valence-corrected chi connectivity index (χ2v) is 6.34. The van der Waals surface area contributed by atoms with Crippen LogP contribution in [0.2, 0.25) is 0 Å². The van der Waals surface area contributed by atoms with E-state index in [1.54, 1.807) is 0 Å². The Morgan fingerprint density at radius 2 is 2.08 bits per heavy atom. The molecule has 0 atom stereocenters. The molecular weight excluding hydrogens is 316 g/mol. The number of nitrogens with zero attached hydrogens (tertiary/aromatic N) is 4. The zero-order valence-electron chi connectivity index (χ0n) is 15.9. The summed E-state index contributed by atoms with van der Waals surface area (Å²) in [7, 11) is 0. The molecule has 2 N–H and O–H groups in total. The maximum absolute atomic E-state index is 5.35. The predicted molar refractivity (Wildman–Crippen MR) is 101 cm³/mol. The minimum atomic E-state index is 0.778. The van der Waals surface area contributed by atoms with E-state index in [0.717, 1.165) is 76.9 Å². The first-order valence-electron chi connectivity index (χ1n) is 9.86. The number of hydrogen-bond acceptors (Lipinski definition) is 4. The van der Waals surface area contributed by atoms with Crippen LogP contribution in [0.3, 0.4) is 0 Å². The van der Waals surface area contributed by atoms with Gasteiger partial charge in [0.05, 0.1) is 0 Å². The average molecular weight is 351 g/mol. The van der Waals surface area contributed by atoms with Gasteiger partial charge in [0.1, 0.15) is 11.6 Å². The van der Waals surface area contributed by atoms with Gasteiger partial charge in [-0.15, -0.1) is 10.2 Å². The molecule has 0 unspecified atom stereocenters. The van der Waals surface area contributed by atoms with Crippen molar-refractivity contribution < 1.29 is 4.74 Å². The first kappa shape index (κ1) is 19.7. The van der Waals surface area contributed by atoms with E-state index in [2.05, 4.69) is 37.3 Å². The van der Waals surface area contributed by atoms with Gasteiger partial charge in [-0.3, -0.25) is 4.99 Å². The first-order valence-corrected chi connectivity index (χ1v) is 9.86. The molecule has 0 bridgehead atoms. The minimum absolute atomic E-state index is 0.778. The van der Waals surface area contributed by atoms with Gasteiger partial charge in [0, 0.05) is 52.2 Å². The maximum atomic E-state index is 5.35. The van der Waals surface area contributed by atoms with E-state index in [0.29, 0.717) is 0 Å². The summed E-state index contributed by atoms with van der Waals surface area (Å²) in [5.41, 5.74) is 0. The molecule has 0 fully saturated rings. The number of rotatable bonds is 10. The van der Waals surface area contributed by atoms with E-state index in [-0.39, 0.29) is 0 Å². The summed E-state index contributed by atoms with van der Waals surface area (Å²) < 4.78 is 7.68. The number of aromatic nitrogens is 3. The zero-order chi connectivity index (χ0) is 17.7. The molecule has 0 saturated carbocycles. The number of ether oxygens (including phenoxy) is 1. The molecule has 2 heterocycles. The van der Waals surface area contributed by atoms with Crippen molar-refractivity contribution in [2.24, 2.45) is 4.99 Å². The highest BCUT2D eigenvalue weighted by molar-refractivity contribution is 5.79. The highest BCUT2D eigenvalue weighted by Gasteiger charge is 2.13. The second-order valence-electron chi connectivity index (χ2n) is 6.34. The Hall–Kier alpha value is -1.63. The number of aryl methyl sites for hydroxylation is 2. The Morgan fingerprint density at radius 1 is 1.16 bits per heavy atom. The Kier molecular flexibility index (Phi) is 9.33. The lowest BCUT2D eigenvalue weighted by Gasteiger charge is -2.11. The fourth-order valence-electron chi connectivity index (χ4n) is 3.03. The Morgan fingerprint density at radius 3 is 2.92 bits per heavy atom. The lowest BCUT2D eigenvalue weighted by Crippen LogP contribution is -2.38. The molecular formula is C18H34N6O. The molecule has 0 spiro atoms. The highest BCUT2D eigenvalue weighted by Crippen LogP contribution is 2.15. The molecule has 1 aliphatic rings. The van der Waals surface area contributed by atoms with Gasteiger partial charge in [-0.05, 0) is 39.5 Å². The van der Waals surface area contributed by atoms with Crippen molar-refractivity contribution in [3.63, 3.8) is 0 Å². The minimum Gasteiger partial charge on any atom is -0.382 e. The molecule has 0 aromatic carbocycles.